The van der Waals surface area contributed by atoms with E-state index in [4.69, 9.17) is 11.6 Å². The number of aromatic nitrogens is 3. The van der Waals surface area contributed by atoms with Crippen molar-refractivity contribution < 1.29 is 22.7 Å². The monoisotopic (exact) mass is 456 g/mol. The number of halogens is 4. The Morgan fingerprint density at radius 2 is 2.20 bits per heavy atom. The summed E-state index contributed by atoms with van der Waals surface area (Å²) in [5.74, 6) is 0.882. The SMILES string of the molecule is O=C(c1cc(C2=CC(Cl)CC(OC(F)(F)F)=C2)n(-c2cccnc2)n1)N1CCSC1. The Balaban J connectivity index is 1.76. The molecule has 30 heavy (non-hydrogen) atoms. The normalized spacial score (nSPS) is 19.5. The van der Waals surface area contributed by atoms with Gasteiger partial charge in [-0.3, -0.25) is 9.78 Å². The molecule has 0 saturated carbocycles. The summed E-state index contributed by atoms with van der Waals surface area (Å²) < 4.78 is 43.7. The van der Waals surface area contributed by atoms with Crippen LogP contribution in [0.15, 0.2) is 48.5 Å². The fourth-order valence-electron chi connectivity index (χ4n) is 3.21. The van der Waals surface area contributed by atoms with Crippen LogP contribution in [-0.4, -0.2) is 55.5 Å². The zero-order valence-electron chi connectivity index (χ0n) is 15.5. The molecule has 3 heterocycles. The second kappa shape index (κ2) is 8.35. The second-order valence-electron chi connectivity index (χ2n) is 6.64. The summed E-state index contributed by atoms with van der Waals surface area (Å²) in [7, 11) is 0. The molecular weight excluding hydrogens is 441 g/mol. The van der Waals surface area contributed by atoms with Crippen LogP contribution in [0.4, 0.5) is 13.2 Å². The predicted octanol–water partition coefficient (Wildman–Crippen LogP) is 4.23. The van der Waals surface area contributed by atoms with Gasteiger partial charge in [-0.2, -0.15) is 5.10 Å². The Labute approximate surface area is 179 Å². The lowest BCUT2D eigenvalue weighted by atomic mass is 10.0. The number of amides is 1. The molecule has 11 heteroatoms. The van der Waals surface area contributed by atoms with E-state index in [0.29, 0.717) is 29.4 Å². The van der Waals surface area contributed by atoms with Crippen molar-refractivity contribution in [2.45, 2.75) is 18.2 Å². The van der Waals surface area contributed by atoms with Crippen molar-refractivity contribution in [2.75, 3.05) is 18.2 Å². The Morgan fingerprint density at radius 3 is 2.87 bits per heavy atom. The summed E-state index contributed by atoms with van der Waals surface area (Å²) in [4.78, 5) is 18.6. The maximum Gasteiger partial charge on any atom is 0.572 e. The van der Waals surface area contributed by atoms with Crippen LogP contribution in [0.1, 0.15) is 22.6 Å². The maximum atomic E-state index is 12.8. The van der Waals surface area contributed by atoms with Crippen LogP contribution >= 0.6 is 23.4 Å². The molecule has 0 bridgehead atoms. The van der Waals surface area contributed by atoms with E-state index in [1.54, 1.807) is 53.3 Å². The van der Waals surface area contributed by atoms with Gasteiger partial charge >= 0.3 is 6.36 Å². The molecule has 158 valence electrons. The standard InChI is InChI=1S/C19H16ClF3N4O2S/c20-13-6-12(7-15(8-13)29-19(21,22)23)17-9-16(18(28)26-4-5-30-11-26)25-27(17)14-2-1-3-24-10-14/h1-3,6-7,9-10,13H,4-5,8,11H2. The summed E-state index contributed by atoms with van der Waals surface area (Å²) in [6, 6.07) is 5.00. The molecule has 1 aliphatic heterocycles. The third-order valence-electron chi connectivity index (χ3n) is 4.47. The average molecular weight is 457 g/mol. The maximum absolute atomic E-state index is 12.8. The molecule has 1 amide bonds. The molecule has 1 saturated heterocycles. The number of carbonyl (C=O) groups is 1. The van der Waals surface area contributed by atoms with E-state index >= 15 is 0 Å². The van der Waals surface area contributed by atoms with Gasteiger partial charge in [-0.1, -0.05) is 6.08 Å². The van der Waals surface area contributed by atoms with E-state index in [-0.39, 0.29) is 23.8 Å². The lowest BCUT2D eigenvalue weighted by Crippen LogP contribution is -2.28. The van der Waals surface area contributed by atoms with Gasteiger partial charge in [0.1, 0.15) is 5.76 Å². The van der Waals surface area contributed by atoms with Gasteiger partial charge in [-0.15, -0.1) is 36.5 Å². The molecule has 0 radical (unpaired) electrons. The van der Waals surface area contributed by atoms with Crippen molar-refractivity contribution in [1.29, 1.82) is 0 Å². The largest absolute Gasteiger partial charge is 0.572 e. The van der Waals surface area contributed by atoms with Crippen LogP contribution in [0.2, 0.25) is 0 Å². The number of allylic oxidation sites excluding steroid dienone is 4. The topological polar surface area (TPSA) is 60.3 Å². The molecule has 6 nitrogen and oxygen atoms in total. The second-order valence-corrected chi connectivity index (χ2v) is 8.28. The highest BCUT2D eigenvalue weighted by Crippen LogP contribution is 2.33. The molecule has 1 unspecified atom stereocenters. The van der Waals surface area contributed by atoms with Gasteiger partial charge in [-0.05, 0) is 24.3 Å². The van der Waals surface area contributed by atoms with Crippen LogP contribution in [0, 0.1) is 0 Å². The van der Waals surface area contributed by atoms with Crippen molar-refractivity contribution in [2.24, 2.45) is 0 Å². The van der Waals surface area contributed by atoms with E-state index in [1.165, 1.54) is 10.8 Å². The first-order chi connectivity index (χ1) is 14.3. The van der Waals surface area contributed by atoms with Crippen LogP contribution in [0.25, 0.3) is 11.3 Å². The van der Waals surface area contributed by atoms with Crippen LogP contribution in [-0.2, 0) is 4.74 Å². The first kappa shape index (κ1) is 20.8. The number of hydrogen-bond acceptors (Lipinski definition) is 5. The summed E-state index contributed by atoms with van der Waals surface area (Å²) >= 11 is 7.82. The summed E-state index contributed by atoms with van der Waals surface area (Å²) in [6.07, 6.45) is 1.12. The van der Waals surface area contributed by atoms with Crippen molar-refractivity contribution in [3.05, 3.63) is 59.9 Å². The highest BCUT2D eigenvalue weighted by molar-refractivity contribution is 7.99. The molecule has 1 atom stereocenters. The van der Waals surface area contributed by atoms with Crippen molar-refractivity contribution in [3.8, 4) is 5.69 Å². The van der Waals surface area contributed by atoms with E-state index in [9.17, 15) is 18.0 Å². The minimum Gasteiger partial charge on any atom is -0.410 e. The van der Waals surface area contributed by atoms with E-state index in [2.05, 4.69) is 14.8 Å². The first-order valence-electron chi connectivity index (χ1n) is 9.00. The van der Waals surface area contributed by atoms with Crippen molar-refractivity contribution in [1.82, 2.24) is 19.7 Å². The van der Waals surface area contributed by atoms with Gasteiger partial charge in [0, 0.05) is 30.5 Å². The fraction of sp³-hybridized carbons (Fsp3) is 0.316. The minimum absolute atomic E-state index is 0.0949. The molecule has 2 aromatic heterocycles. The third-order valence-corrected chi connectivity index (χ3v) is 5.72. The molecule has 4 rings (SSSR count). The average Bonchev–Trinajstić information content (AvgIpc) is 3.37. The molecular formula is C19H16ClF3N4O2S. The van der Waals surface area contributed by atoms with Crippen LogP contribution in [0.5, 0.6) is 0 Å². The molecule has 0 N–H and O–H groups in total. The summed E-state index contributed by atoms with van der Waals surface area (Å²) in [5, 5.41) is 3.72. The predicted molar refractivity (Wildman–Crippen MR) is 107 cm³/mol. The van der Waals surface area contributed by atoms with Crippen molar-refractivity contribution >= 4 is 34.8 Å². The van der Waals surface area contributed by atoms with Gasteiger partial charge < -0.3 is 9.64 Å². The van der Waals surface area contributed by atoms with Gasteiger partial charge in [0.15, 0.2) is 5.69 Å². The smallest absolute Gasteiger partial charge is 0.410 e. The quantitative estimate of drug-likeness (QED) is 0.644. The number of alkyl halides is 4. The van der Waals surface area contributed by atoms with Gasteiger partial charge in [0.2, 0.25) is 0 Å². The highest BCUT2D eigenvalue weighted by atomic mass is 35.5. The number of hydrogen-bond donors (Lipinski definition) is 0. The van der Waals surface area contributed by atoms with Crippen LogP contribution in [0.3, 0.4) is 0 Å². The zero-order chi connectivity index (χ0) is 21.3. The number of pyridine rings is 1. The Bertz CT molecular complexity index is 1000. The minimum atomic E-state index is -4.82. The summed E-state index contributed by atoms with van der Waals surface area (Å²) in [5.41, 5.74) is 1.56. The first-order valence-corrected chi connectivity index (χ1v) is 10.6. The lowest BCUT2D eigenvalue weighted by molar-refractivity contribution is -0.306. The zero-order valence-corrected chi connectivity index (χ0v) is 17.0. The Kier molecular flexibility index (Phi) is 5.79. The molecule has 0 aromatic carbocycles. The van der Waals surface area contributed by atoms with Gasteiger partial charge in [-0.25, -0.2) is 4.68 Å². The van der Waals surface area contributed by atoms with E-state index in [0.717, 1.165) is 5.75 Å². The summed E-state index contributed by atoms with van der Waals surface area (Å²) in [6.45, 7) is 0.620. The van der Waals surface area contributed by atoms with E-state index in [1.807, 2.05) is 0 Å². The third kappa shape index (κ3) is 4.65. The molecule has 0 spiro atoms. The molecule has 1 aliphatic carbocycles. The molecule has 2 aromatic rings. The van der Waals surface area contributed by atoms with Crippen LogP contribution < -0.4 is 0 Å². The highest BCUT2D eigenvalue weighted by Gasteiger charge is 2.34. The van der Waals surface area contributed by atoms with Gasteiger partial charge in [0.25, 0.3) is 5.91 Å². The van der Waals surface area contributed by atoms with E-state index < -0.39 is 11.7 Å². The fourth-order valence-corrected chi connectivity index (χ4v) is 4.44. The lowest BCUT2D eigenvalue weighted by Gasteiger charge is -2.19. The molecule has 2 aliphatic rings. The van der Waals surface area contributed by atoms with Gasteiger partial charge in [0.05, 0.1) is 28.8 Å². The number of carbonyl (C=O) groups excluding carboxylic acids is 1. The van der Waals surface area contributed by atoms with Crippen molar-refractivity contribution in [3.63, 3.8) is 0 Å². The number of thioether (sulfide) groups is 1. The number of rotatable bonds is 4. The Hall–Kier alpha value is -2.46. The Morgan fingerprint density at radius 1 is 1.37 bits per heavy atom. The number of ether oxygens (including phenoxy) is 1. The molecule has 1 fully saturated rings. The number of nitrogens with zero attached hydrogens (tertiary/aromatic N) is 4.